The van der Waals surface area contributed by atoms with E-state index in [1.165, 1.54) is 17.4 Å². The molecule has 0 aliphatic carbocycles. The van der Waals surface area contributed by atoms with Crippen molar-refractivity contribution in [1.82, 2.24) is 18.9 Å². The molecular weight excluding hydrogens is 299 g/mol. The SMILES string of the molecule is O=c1c(F)cn(CN2CCCCC2)c(=O)n1CN1CCCCC1. The van der Waals surface area contributed by atoms with Crippen molar-refractivity contribution < 1.29 is 4.39 Å². The average molecular weight is 324 g/mol. The average Bonchev–Trinajstić information content (AvgIpc) is 2.58. The minimum Gasteiger partial charge on any atom is -0.286 e. The maximum atomic E-state index is 14.0. The van der Waals surface area contributed by atoms with Crippen LogP contribution in [0.5, 0.6) is 0 Å². The molecule has 2 saturated heterocycles. The Balaban J connectivity index is 1.82. The fourth-order valence-electron chi connectivity index (χ4n) is 3.46. The van der Waals surface area contributed by atoms with Crippen LogP contribution in [0.4, 0.5) is 4.39 Å². The highest BCUT2D eigenvalue weighted by atomic mass is 19.1. The number of aromatic nitrogens is 2. The van der Waals surface area contributed by atoms with Crippen LogP contribution >= 0.6 is 0 Å². The van der Waals surface area contributed by atoms with Gasteiger partial charge < -0.3 is 0 Å². The van der Waals surface area contributed by atoms with Gasteiger partial charge in [0.05, 0.1) is 19.5 Å². The Morgan fingerprint density at radius 1 is 0.826 bits per heavy atom. The smallest absolute Gasteiger partial charge is 0.286 e. The van der Waals surface area contributed by atoms with Gasteiger partial charge in [-0.25, -0.2) is 9.36 Å². The van der Waals surface area contributed by atoms with Crippen molar-refractivity contribution in [3.8, 4) is 0 Å². The first kappa shape index (κ1) is 16.4. The number of halogens is 1. The van der Waals surface area contributed by atoms with Crippen molar-refractivity contribution in [2.24, 2.45) is 0 Å². The van der Waals surface area contributed by atoms with Gasteiger partial charge in [-0.3, -0.25) is 19.2 Å². The molecule has 2 fully saturated rings. The Morgan fingerprint density at radius 3 is 1.91 bits per heavy atom. The van der Waals surface area contributed by atoms with Gasteiger partial charge in [0.1, 0.15) is 0 Å². The largest absolute Gasteiger partial charge is 0.333 e. The van der Waals surface area contributed by atoms with Crippen molar-refractivity contribution in [2.75, 3.05) is 26.2 Å². The van der Waals surface area contributed by atoms with E-state index in [1.807, 2.05) is 0 Å². The summed E-state index contributed by atoms with van der Waals surface area (Å²) in [6.07, 6.45) is 7.77. The highest BCUT2D eigenvalue weighted by Gasteiger charge is 2.18. The lowest BCUT2D eigenvalue weighted by molar-refractivity contribution is 0.158. The van der Waals surface area contributed by atoms with Crippen molar-refractivity contribution in [2.45, 2.75) is 51.9 Å². The van der Waals surface area contributed by atoms with E-state index in [0.29, 0.717) is 6.67 Å². The first-order valence-electron chi connectivity index (χ1n) is 8.59. The zero-order chi connectivity index (χ0) is 16.2. The first-order valence-corrected chi connectivity index (χ1v) is 8.59. The number of hydrogen-bond acceptors (Lipinski definition) is 4. The third-order valence-corrected chi connectivity index (χ3v) is 4.79. The minimum atomic E-state index is -0.849. The number of piperidine rings is 2. The lowest BCUT2D eigenvalue weighted by atomic mass is 10.1. The van der Waals surface area contributed by atoms with Crippen LogP contribution in [0.1, 0.15) is 38.5 Å². The molecule has 6 nitrogen and oxygen atoms in total. The van der Waals surface area contributed by atoms with Crippen LogP contribution in [0.3, 0.4) is 0 Å². The zero-order valence-corrected chi connectivity index (χ0v) is 13.5. The Labute approximate surface area is 135 Å². The number of rotatable bonds is 4. The van der Waals surface area contributed by atoms with Gasteiger partial charge in [0.25, 0.3) is 5.56 Å². The lowest BCUT2D eigenvalue weighted by Crippen LogP contribution is -2.48. The van der Waals surface area contributed by atoms with Crippen LogP contribution in [0.15, 0.2) is 15.8 Å². The summed E-state index contributed by atoms with van der Waals surface area (Å²) in [5, 5.41) is 0. The fraction of sp³-hybridized carbons (Fsp3) is 0.750. The summed E-state index contributed by atoms with van der Waals surface area (Å²) in [6.45, 7) is 4.09. The van der Waals surface area contributed by atoms with E-state index in [1.54, 1.807) is 0 Å². The summed E-state index contributed by atoms with van der Waals surface area (Å²) in [4.78, 5) is 28.8. The molecule has 0 radical (unpaired) electrons. The highest BCUT2D eigenvalue weighted by molar-refractivity contribution is 4.90. The second-order valence-electron chi connectivity index (χ2n) is 6.60. The molecule has 7 heteroatoms. The molecule has 0 N–H and O–H groups in total. The standard InChI is InChI=1S/C16H25FN4O2/c17-14-11-20(12-18-7-3-1-4-8-18)16(23)21(15(14)22)13-19-9-5-2-6-10-19/h11H,1-10,12-13H2. The molecule has 0 spiro atoms. The maximum absolute atomic E-state index is 14.0. The molecule has 0 amide bonds. The third-order valence-electron chi connectivity index (χ3n) is 4.79. The van der Waals surface area contributed by atoms with Gasteiger partial charge >= 0.3 is 5.69 Å². The molecular formula is C16H25FN4O2. The van der Waals surface area contributed by atoms with Crippen LogP contribution in [0.25, 0.3) is 0 Å². The Kier molecular flexibility index (Phi) is 5.27. The summed E-state index contributed by atoms with van der Waals surface area (Å²) in [6, 6.07) is 0. The Bertz CT molecular complexity index is 642. The maximum Gasteiger partial charge on any atom is 0.333 e. The highest BCUT2D eigenvalue weighted by Crippen LogP contribution is 2.10. The van der Waals surface area contributed by atoms with Gasteiger partial charge in [-0.2, -0.15) is 4.39 Å². The monoisotopic (exact) mass is 324 g/mol. The van der Waals surface area contributed by atoms with E-state index in [-0.39, 0.29) is 6.67 Å². The molecule has 128 valence electrons. The van der Waals surface area contributed by atoms with Crippen molar-refractivity contribution in [1.29, 1.82) is 0 Å². The van der Waals surface area contributed by atoms with E-state index in [0.717, 1.165) is 62.6 Å². The molecule has 0 bridgehead atoms. The third kappa shape index (κ3) is 3.90. The first-order chi connectivity index (χ1) is 11.1. The van der Waals surface area contributed by atoms with E-state index in [4.69, 9.17) is 0 Å². The van der Waals surface area contributed by atoms with Crippen LogP contribution in [-0.2, 0) is 13.3 Å². The molecule has 3 rings (SSSR count). The summed E-state index contributed by atoms with van der Waals surface area (Å²) in [5.41, 5.74) is -1.22. The minimum absolute atomic E-state index is 0.190. The molecule has 1 aromatic heterocycles. The molecule has 0 unspecified atom stereocenters. The lowest BCUT2D eigenvalue weighted by Gasteiger charge is -2.28. The zero-order valence-electron chi connectivity index (χ0n) is 13.5. The van der Waals surface area contributed by atoms with Crippen LogP contribution in [0, 0.1) is 5.82 Å². The second-order valence-corrected chi connectivity index (χ2v) is 6.60. The molecule has 0 saturated carbocycles. The quantitative estimate of drug-likeness (QED) is 0.830. The Hall–Kier alpha value is -1.47. The second kappa shape index (κ2) is 7.40. The van der Waals surface area contributed by atoms with Gasteiger partial charge in [-0.15, -0.1) is 0 Å². The van der Waals surface area contributed by atoms with Gasteiger partial charge in [0.2, 0.25) is 5.82 Å². The molecule has 23 heavy (non-hydrogen) atoms. The number of nitrogens with zero attached hydrogens (tertiary/aromatic N) is 4. The van der Waals surface area contributed by atoms with Crippen molar-refractivity contribution >= 4 is 0 Å². The predicted molar refractivity (Wildman–Crippen MR) is 85.8 cm³/mol. The van der Waals surface area contributed by atoms with Gasteiger partial charge in [-0.05, 0) is 51.9 Å². The van der Waals surface area contributed by atoms with E-state index in [9.17, 15) is 14.0 Å². The van der Waals surface area contributed by atoms with E-state index >= 15 is 0 Å². The molecule has 3 heterocycles. The topological polar surface area (TPSA) is 50.5 Å². The van der Waals surface area contributed by atoms with Crippen LogP contribution in [-0.4, -0.2) is 45.1 Å². The van der Waals surface area contributed by atoms with E-state index < -0.39 is 17.1 Å². The van der Waals surface area contributed by atoms with Gasteiger partial charge in [0, 0.05) is 0 Å². The van der Waals surface area contributed by atoms with Crippen LogP contribution < -0.4 is 11.2 Å². The summed E-state index contributed by atoms with van der Waals surface area (Å²) in [7, 11) is 0. The van der Waals surface area contributed by atoms with E-state index in [2.05, 4.69) is 9.80 Å². The predicted octanol–water partition coefficient (Wildman–Crippen LogP) is 1.04. The summed E-state index contributed by atoms with van der Waals surface area (Å²) < 4.78 is 16.4. The van der Waals surface area contributed by atoms with Gasteiger partial charge in [0.15, 0.2) is 0 Å². The summed E-state index contributed by atoms with van der Waals surface area (Å²) in [5.74, 6) is -0.849. The molecule has 0 atom stereocenters. The van der Waals surface area contributed by atoms with Gasteiger partial charge in [-0.1, -0.05) is 12.8 Å². The molecule has 0 aromatic carbocycles. The number of likely N-dealkylation sites (tertiary alicyclic amines) is 2. The molecule has 2 aliphatic heterocycles. The van der Waals surface area contributed by atoms with Crippen molar-refractivity contribution in [3.05, 3.63) is 32.9 Å². The van der Waals surface area contributed by atoms with Crippen LogP contribution in [0.2, 0.25) is 0 Å². The fourth-order valence-corrected chi connectivity index (χ4v) is 3.46. The normalized spacial score (nSPS) is 20.7. The van der Waals surface area contributed by atoms with Crippen molar-refractivity contribution in [3.63, 3.8) is 0 Å². The molecule has 1 aromatic rings. The Morgan fingerprint density at radius 2 is 1.35 bits per heavy atom. The molecule has 2 aliphatic rings. The summed E-state index contributed by atoms with van der Waals surface area (Å²) >= 11 is 0. The number of hydrogen-bond donors (Lipinski definition) is 0.